The molecule has 1 saturated carbocycles. The van der Waals surface area contributed by atoms with Crippen molar-refractivity contribution >= 4 is 21.6 Å². The van der Waals surface area contributed by atoms with Gasteiger partial charge in [-0.2, -0.15) is 0 Å². The van der Waals surface area contributed by atoms with Gasteiger partial charge in [-0.25, -0.2) is 21.9 Å². The molecular weight excluding hydrogens is 328 g/mol. The molecule has 118 valence electrons. The number of aliphatic hydroxyl groups is 1. The first-order valence-electron chi connectivity index (χ1n) is 6.17. The first-order valence-corrected chi connectivity index (χ1v) is 8.03. The zero-order valence-electron chi connectivity index (χ0n) is 10.8. The maximum absolute atomic E-state index is 13.7. The maximum Gasteiger partial charge on any atom is 0.286 e. The fourth-order valence-corrected chi connectivity index (χ4v) is 3.68. The number of alkyl halides is 2. The number of sulfonamides is 1. The van der Waals surface area contributed by atoms with E-state index in [-0.39, 0.29) is 5.02 Å². The van der Waals surface area contributed by atoms with Crippen molar-refractivity contribution in [2.24, 2.45) is 5.92 Å². The number of aromatic hydroxyl groups is 1. The Morgan fingerprint density at radius 2 is 2.05 bits per heavy atom. The fraction of sp³-hybridized carbons (Fsp3) is 0.500. The van der Waals surface area contributed by atoms with Crippen LogP contribution in [0.3, 0.4) is 0 Å². The number of hydrogen-bond acceptors (Lipinski definition) is 4. The predicted molar refractivity (Wildman–Crippen MR) is 72.0 cm³/mol. The Morgan fingerprint density at radius 3 is 2.57 bits per heavy atom. The van der Waals surface area contributed by atoms with E-state index in [1.807, 2.05) is 4.72 Å². The number of halogens is 3. The first-order chi connectivity index (χ1) is 9.69. The van der Waals surface area contributed by atoms with E-state index >= 15 is 0 Å². The van der Waals surface area contributed by atoms with Crippen molar-refractivity contribution in [1.29, 1.82) is 0 Å². The van der Waals surface area contributed by atoms with Crippen LogP contribution in [-0.4, -0.2) is 37.2 Å². The molecule has 0 spiro atoms. The summed E-state index contributed by atoms with van der Waals surface area (Å²) in [6.07, 6.45) is 0.897. The van der Waals surface area contributed by atoms with Crippen molar-refractivity contribution in [3.05, 3.63) is 23.2 Å². The van der Waals surface area contributed by atoms with E-state index in [1.165, 1.54) is 12.1 Å². The minimum atomic E-state index is -4.39. The van der Waals surface area contributed by atoms with Crippen LogP contribution in [-0.2, 0) is 10.0 Å². The molecule has 0 heterocycles. The molecule has 1 aliphatic rings. The van der Waals surface area contributed by atoms with Crippen molar-refractivity contribution < 1.29 is 27.4 Å². The molecule has 0 amide bonds. The van der Waals surface area contributed by atoms with Gasteiger partial charge in [-0.3, -0.25) is 0 Å². The van der Waals surface area contributed by atoms with Crippen molar-refractivity contribution in [1.82, 2.24) is 4.72 Å². The molecule has 21 heavy (non-hydrogen) atoms. The molecule has 0 saturated heterocycles. The Morgan fingerprint density at radius 1 is 1.43 bits per heavy atom. The van der Waals surface area contributed by atoms with E-state index in [1.54, 1.807) is 0 Å². The number of benzene rings is 1. The number of aliphatic hydroxyl groups excluding tert-OH is 1. The Labute approximate surface area is 125 Å². The number of phenolic OH excluding ortho intramolecular Hbond substituents is 1. The predicted octanol–water partition coefficient (Wildman–Crippen LogP) is 1.73. The molecule has 3 N–H and O–H groups in total. The quantitative estimate of drug-likeness (QED) is 0.735. The molecule has 1 aliphatic carbocycles. The molecule has 1 aromatic carbocycles. The standard InChI is InChI=1S/C12H14ClF2NO4S/c13-8-2-1-3-9(10(8)18)21(19,20)16-11(7-4-5-7)12(14,15)6-17/h1-3,7,11,16-18H,4-6H2. The van der Waals surface area contributed by atoms with Crippen LogP contribution in [0, 0.1) is 5.92 Å². The lowest BCUT2D eigenvalue weighted by atomic mass is 10.1. The monoisotopic (exact) mass is 341 g/mol. The Bertz CT molecular complexity index is 634. The van der Waals surface area contributed by atoms with Gasteiger partial charge in [-0.05, 0) is 30.9 Å². The van der Waals surface area contributed by atoms with Gasteiger partial charge in [0.15, 0.2) is 5.75 Å². The van der Waals surface area contributed by atoms with Gasteiger partial charge in [0.05, 0.1) is 11.1 Å². The third-order valence-electron chi connectivity index (χ3n) is 3.28. The van der Waals surface area contributed by atoms with Gasteiger partial charge in [0.25, 0.3) is 5.92 Å². The maximum atomic E-state index is 13.7. The normalized spacial score (nSPS) is 17.7. The lowest BCUT2D eigenvalue weighted by molar-refractivity contribution is -0.0793. The highest BCUT2D eigenvalue weighted by molar-refractivity contribution is 7.89. The van der Waals surface area contributed by atoms with E-state index in [0.717, 1.165) is 6.07 Å². The van der Waals surface area contributed by atoms with Gasteiger partial charge in [0, 0.05) is 0 Å². The SMILES string of the molecule is O=S(=O)(NC(C1CC1)C(F)(F)CO)c1cccc(Cl)c1O. The summed E-state index contributed by atoms with van der Waals surface area (Å²) in [6, 6.07) is 1.90. The van der Waals surface area contributed by atoms with Crippen molar-refractivity contribution in [2.45, 2.75) is 29.7 Å². The molecule has 1 fully saturated rings. The summed E-state index contributed by atoms with van der Waals surface area (Å²) in [6.45, 7) is -1.46. The molecule has 0 aliphatic heterocycles. The lowest BCUT2D eigenvalue weighted by Gasteiger charge is -2.26. The smallest absolute Gasteiger partial charge is 0.286 e. The largest absolute Gasteiger partial charge is 0.505 e. The highest BCUT2D eigenvalue weighted by Gasteiger charge is 2.50. The molecule has 1 unspecified atom stereocenters. The van der Waals surface area contributed by atoms with Crippen LogP contribution in [0.4, 0.5) is 8.78 Å². The van der Waals surface area contributed by atoms with Gasteiger partial charge in [-0.15, -0.1) is 0 Å². The van der Waals surface area contributed by atoms with Crippen LogP contribution in [0.2, 0.25) is 5.02 Å². The molecule has 0 radical (unpaired) electrons. The van der Waals surface area contributed by atoms with Crippen LogP contribution in [0.15, 0.2) is 23.1 Å². The van der Waals surface area contributed by atoms with Crippen LogP contribution in [0.5, 0.6) is 5.75 Å². The van der Waals surface area contributed by atoms with E-state index in [0.29, 0.717) is 12.8 Å². The Balaban J connectivity index is 2.33. The number of para-hydroxylation sites is 1. The summed E-state index contributed by atoms with van der Waals surface area (Å²) in [5.41, 5.74) is 0. The second kappa shape index (κ2) is 5.68. The number of hydrogen-bond donors (Lipinski definition) is 3. The number of phenols is 1. The highest BCUT2D eigenvalue weighted by Crippen LogP contribution is 2.40. The topological polar surface area (TPSA) is 86.6 Å². The highest BCUT2D eigenvalue weighted by atomic mass is 35.5. The summed E-state index contributed by atoms with van der Waals surface area (Å²) in [5.74, 6) is -4.82. The van der Waals surface area contributed by atoms with Crippen LogP contribution in [0.25, 0.3) is 0 Å². The molecule has 5 nitrogen and oxygen atoms in total. The minimum Gasteiger partial charge on any atom is -0.505 e. The number of nitrogens with one attached hydrogen (secondary N) is 1. The van der Waals surface area contributed by atoms with Gasteiger partial charge in [0.1, 0.15) is 11.5 Å². The van der Waals surface area contributed by atoms with E-state index < -0.39 is 45.2 Å². The van der Waals surface area contributed by atoms with Crippen LogP contribution in [0.1, 0.15) is 12.8 Å². The molecule has 1 aromatic rings. The summed E-state index contributed by atoms with van der Waals surface area (Å²) < 4.78 is 53.5. The van der Waals surface area contributed by atoms with Gasteiger partial charge < -0.3 is 10.2 Å². The molecule has 1 atom stereocenters. The summed E-state index contributed by atoms with van der Waals surface area (Å²) in [5, 5.41) is 18.2. The van der Waals surface area contributed by atoms with Crippen molar-refractivity contribution in [2.75, 3.05) is 6.61 Å². The van der Waals surface area contributed by atoms with Crippen LogP contribution < -0.4 is 4.72 Å². The van der Waals surface area contributed by atoms with E-state index in [4.69, 9.17) is 16.7 Å². The average molecular weight is 342 g/mol. The van der Waals surface area contributed by atoms with Crippen molar-refractivity contribution in [3.8, 4) is 5.75 Å². The van der Waals surface area contributed by atoms with Crippen LogP contribution >= 0.6 is 11.6 Å². The minimum absolute atomic E-state index is 0.199. The van der Waals surface area contributed by atoms with Gasteiger partial charge >= 0.3 is 0 Å². The second-order valence-electron chi connectivity index (χ2n) is 4.94. The molecule has 0 aromatic heterocycles. The molecule has 9 heteroatoms. The first kappa shape index (κ1) is 16.4. The Hall–Kier alpha value is -0.960. The summed E-state index contributed by atoms with van der Waals surface area (Å²) in [7, 11) is -4.39. The van der Waals surface area contributed by atoms with E-state index in [9.17, 15) is 22.3 Å². The third kappa shape index (κ3) is 3.45. The average Bonchev–Trinajstić information content (AvgIpc) is 3.23. The summed E-state index contributed by atoms with van der Waals surface area (Å²) in [4.78, 5) is -0.575. The fourth-order valence-electron chi connectivity index (χ4n) is 2.00. The van der Waals surface area contributed by atoms with E-state index in [2.05, 4.69) is 0 Å². The van der Waals surface area contributed by atoms with Crippen molar-refractivity contribution in [3.63, 3.8) is 0 Å². The van der Waals surface area contributed by atoms with Gasteiger partial charge in [-0.1, -0.05) is 17.7 Å². The second-order valence-corrected chi connectivity index (χ2v) is 7.03. The zero-order valence-corrected chi connectivity index (χ0v) is 12.3. The lowest BCUT2D eigenvalue weighted by Crippen LogP contribution is -2.50. The molecular formula is C12H14ClF2NO4S. The Kier molecular flexibility index (Phi) is 4.44. The zero-order chi connectivity index (χ0) is 15.8. The molecule has 0 bridgehead atoms. The number of rotatable bonds is 6. The summed E-state index contributed by atoms with van der Waals surface area (Å²) >= 11 is 5.62. The third-order valence-corrected chi connectivity index (χ3v) is 5.06. The van der Waals surface area contributed by atoms with Gasteiger partial charge in [0.2, 0.25) is 10.0 Å². The molecule has 2 rings (SSSR count).